The number of benzene rings is 2. The van der Waals surface area contributed by atoms with Gasteiger partial charge in [0.2, 0.25) is 0 Å². The maximum atomic E-state index is 8.08. The molecule has 28 heavy (non-hydrogen) atoms. The van der Waals surface area contributed by atoms with Gasteiger partial charge in [-0.15, -0.1) is 0 Å². The van der Waals surface area contributed by atoms with Gasteiger partial charge in [0, 0.05) is 26.7 Å². The fourth-order valence-electron chi connectivity index (χ4n) is 4.06. The second-order valence-electron chi connectivity index (χ2n) is 7.26. The molecule has 0 aliphatic carbocycles. The molecule has 2 aromatic heterocycles. The minimum absolute atomic E-state index is 0.175. The summed E-state index contributed by atoms with van der Waals surface area (Å²) in [5.74, 6) is 0. The Labute approximate surface area is 169 Å². The minimum atomic E-state index is -2.22. The molecule has 0 saturated carbocycles. The number of rotatable bonds is 2. The van der Waals surface area contributed by atoms with Crippen LogP contribution in [0.4, 0.5) is 0 Å². The Morgan fingerprint density at radius 1 is 1.07 bits per heavy atom. The number of hydrogen-bond donors (Lipinski definition) is 0. The van der Waals surface area contributed by atoms with E-state index in [0.717, 1.165) is 33.3 Å². The molecular weight excluding hydrogens is 343 g/mol. The highest BCUT2D eigenvalue weighted by molar-refractivity contribution is 6.82. The standard InChI is InChI=1S/C24H22BN2O/c1-17-16-26(2)23(15-21(17)18-9-5-4-6-10-18)25-24-20(13-14-27(25)3)19-11-7-8-12-22(19)28-24/h4-16H,1-3H3/q+1/i1D3. The number of aryl methyl sites for hydroxylation is 2. The van der Waals surface area contributed by atoms with Crippen LogP contribution < -0.4 is 15.8 Å². The normalized spacial score (nSPS) is 15.3. The lowest BCUT2D eigenvalue weighted by molar-refractivity contribution is -0.654. The Morgan fingerprint density at radius 3 is 2.68 bits per heavy atom. The van der Waals surface area contributed by atoms with E-state index in [0.29, 0.717) is 11.1 Å². The van der Waals surface area contributed by atoms with Crippen LogP contribution >= 0.6 is 0 Å². The molecule has 1 aliphatic heterocycles. The smallest absolute Gasteiger partial charge is 0.443 e. The van der Waals surface area contributed by atoms with Gasteiger partial charge in [0.25, 0.3) is 0 Å². The molecule has 0 N–H and O–H groups in total. The fraction of sp³-hybridized carbons (Fsp3) is 0.125. The SMILES string of the molecule is [2H]C([2H])([2H])c1c[n+](C)c(B2c3oc4ccccc4c3C=CN2C)cc1-c1ccccc1. The van der Waals surface area contributed by atoms with Crippen LogP contribution in [-0.2, 0) is 7.05 Å². The second-order valence-corrected chi connectivity index (χ2v) is 7.26. The first-order valence-electron chi connectivity index (χ1n) is 10.9. The molecule has 0 atom stereocenters. The third kappa shape index (κ3) is 2.56. The van der Waals surface area contributed by atoms with Crippen LogP contribution in [0, 0.1) is 6.85 Å². The van der Waals surface area contributed by atoms with E-state index in [4.69, 9.17) is 8.53 Å². The maximum absolute atomic E-state index is 8.08. The van der Waals surface area contributed by atoms with Crippen molar-refractivity contribution in [1.82, 2.24) is 4.81 Å². The molecule has 0 unspecified atom stereocenters. The highest BCUT2D eigenvalue weighted by Gasteiger charge is 2.40. The van der Waals surface area contributed by atoms with Crippen molar-refractivity contribution in [2.45, 2.75) is 6.85 Å². The third-order valence-corrected chi connectivity index (χ3v) is 5.47. The quantitative estimate of drug-likeness (QED) is 0.400. The lowest BCUT2D eigenvalue weighted by Crippen LogP contribution is -2.65. The van der Waals surface area contributed by atoms with Gasteiger partial charge in [0.1, 0.15) is 18.3 Å². The molecule has 0 radical (unpaired) electrons. The molecule has 5 rings (SSSR count). The van der Waals surface area contributed by atoms with Crippen molar-refractivity contribution in [3.05, 3.63) is 84.2 Å². The van der Waals surface area contributed by atoms with E-state index < -0.39 is 6.85 Å². The summed E-state index contributed by atoms with van der Waals surface area (Å²) < 4.78 is 32.5. The molecule has 2 aromatic carbocycles. The van der Waals surface area contributed by atoms with Gasteiger partial charge < -0.3 is 9.23 Å². The molecule has 1 aliphatic rings. The van der Waals surface area contributed by atoms with E-state index in [9.17, 15) is 0 Å². The van der Waals surface area contributed by atoms with Gasteiger partial charge in [-0.3, -0.25) is 0 Å². The van der Waals surface area contributed by atoms with Gasteiger partial charge in [-0.1, -0.05) is 48.5 Å². The van der Waals surface area contributed by atoms with Gasteiger partial charge in [-0.05, 0) is 43.4 Å². The van der Waals surface area contributed by atoms with E-state index in [2.05, 4.69) is 23.2 Å². The van der Waals surface area contributed by atoms with Gasteiger partial charge in [-0.25, -0.2) is 4.57 Å². The largest absolute Gasteiger partial charge is 0.467 e. The number of aromatic nitrogens is 1. The van der Waals surface area contributed by atoms with Crippen LogP contribution in [0.3, 0.4) is 0 Å². The second kappa shape index (κ2) is 6.41. The Kier molecular flexibility index (Phi) is 3.17. The van der Waals surface area contributed by atoms with Crippen molar-refractivity contribution in [3.63, 3.8) is 0 Å². The molecule has 0 amide bonds. The van der Waals surface area contributed by atoms with Gasteiger partial charge >= 0.3 is 6.85 Å². The van der Waals surface area contributed by atoms with Gasteiger partial charge in [0.15, 0.2) is 11.8 Å². The molecule has 4 heteroatoms. The van der Waals surface area contributed by atoms with Crippen molar-refractivity contribution in [2.24, 2.45) is 7.05 Å². The summed E-state index contributed by atoms with van der Waals surface area (Å²) in [5, 5.41) is 1.08. The number of nitrogens with zero attached hydrogens (tertiary/aromatic N) is 2. The van der Waals surface area contributed by atoms with Gasteiger partial charge in [0.05, 0.1) is 0 Å². The summed E-state index contributed by atoms with van der Waals surface area (Å²) >= 11 is 0. The first kappa shape index (κ1) is 13.8. The summed E-state index contributed by atoms with van der Waals surface area (Å²) in [7, 11) is 3.91. The van der Waals surface area contributed by atoms with Crippen LogP contribution in [0.15, 0.2) is 77.5 Å². The maximum Gasteiger partial charge on any atom is 0.443 e. The van der Waals surface area contributed by atoms with Crippen molar-refractivity contribution in [2.75, 3.05) is 7.05 Å². The topological polar surface area (TPSA) is 20.3 Å². The van der Waals surface area contributed by atoms with Crippen LogP contribution in [0.2, 0.25) is 0 Å². The van der Waals surface area contributed by atoms with E-state index in [-0.39, 0.29) is 6.85 Å². The number of fused-ring (bicyclic) bond motifs is 3. The predicted octanol–water partition coefficient (Wildman–Crippen LogP) is 3.25. The Balaban J connectivity index is 1.75. The minimum Gasteiger partial charge on any atom is -0.467 e. The lowest BCUT2D eigenvalue weighted by atomic mass is 9.52. The van der Waals surface area contributed by atoms with Crippen LogP contribution in [0.1, 0.15) is 15.2 Å². The number of hydrogen-bond acceptors (Lipinski definition) is 2. The zero-order valence-corrected chi connectivity index (χ0v) is 15.9. The van der Waals surface area contributed by atoms with E-state index >= 15 is 0 Å². The summed E-state index contributed by atoms with van der Waals surface area (Å²) in [4.78, 5) is 2.10. The van der Waals surface area contributed by atoms with E-state index in [1.165, 1.54) is 0 Å². The first-order valence-corrected chi connectivity index (χ1v) is 9.35. The summed E-state index contributed by atoms with van der Waals surface area (Å²) in [5.41, 5.74) is 5.68. The molecule has 0 bridgehead atoms. The average molecular weight is 368 g/mol. The number of furan rings is 1. The average Bonchev–Trinajstić information content (AvgIpc) is 3.12. The molecular formula is C24H22BN2O+. The summed E-state index contributed by atoms with van der Waals surface area (Å²) in [6, 6.07) is 19.7. The monoisotopic (exact) mass is 368 g/mol. The molecule has 3 heterocycles. The molecule has 0 fully saturated rings. The Morgan fingerprint density at radius 2 is 1.86 bits per heavy atom. The number of para-hydroxylation sites is 1. The predicted molar refractivity (Wildman–Crippen MR) is 116 cm³/mol. The highest BCUT2D eigenvalue weighted by atomic mass is 16.3. The van der Waals surface area contributed by atoms with Gasteiger partial charge in [-0.2, -0.15) is 0 Å². The van der Waals surface area contributed by atoms with Crippen molar-refractivity contribution in [1.29, 1.82) is 0 Å². The summed E-state index contributed by atoms with van der Waals surface area (Å²) in [6.07, 6.45) is 5.86. The molecule has 0 saturated heterocycles. The molecule has 4 aromatic rings. The summed E-state index contributed by atoms with van der Waals surface area (Å²) in [6.45, 7) is -2.39. The molecule has 136 valence electrons. The fourth-order valence-corrected chi connectivity index (χ4v) is 4.06. The van der Waals surface area contributed by atoms with Crippen LogP contribution in [-0.4, -0.2) is 18.7 Å². The highest BCUT2D eigenvalue weighted by Crippen LogP contribution is 2.25. The van der Waals surface area contributed by atoms with Crippen LogP contribution in [0.25, 0.3) is 28.2 Å². The zero-order valence-electron chi connectivity index (χ0n) is 18.9. The first-order chi connectivity index (χ1) is 14.8. The van der Waals surface area contributed by atoms with E-state index in [1.54, 1.807) is 6.20 Å². The van der Waals surface area contributed by atoms with Crippen molar-refractivity contribution >= 4 is 35.1 Å². The molecule has 3 nitrogen and oxygen atoms in total. The van der Waals surface area contributed by atoms with Crippen LogP contribution in [0.5, 0.6) is 0 Å². The Bertz CT molecular complexity index is 1310. The number of pyridine rings is 1. The van der Waals surface area contributed by atoms with Crippen molar-refractivity contribution < 1.29 is 13.1 Å². The van der Waals surface area contributed by atoms with E-state index in [1.807, 2.05) is 73.3 Å². The zero-order chi connectivity index (χ0) is 21.8. The Hall–Kier alpha value is -3.27. The molecule has 0 spiro atoms. The lowest BCUT2D eigenvalue weighted by Gasteiger charge is -2.24. The van der Waals surface area contributed by atoms with Crippen molar-refractivity contribution in [3.8, 4) is 11.1 Å². The third-order valence-electron chi connectivity index (χ3n) is 5.47.